The van der Waals surface area contributed by atoms with Gasteiger partial charge in [-0.2, -0.15) is 0 Å². The summed E-state index contributed by atoms with van der Waals surface area (Å²) < 4.78 is 19.2. The molecule has 3 heterocycles. The highest BCUT2D eigenvalue weighted by molar-refractivity contribution is 5.94. The molecule has 7 nitrogen and oxygen atoms in total. The highest BCUT2D eigenvalue weighted by Crippen LogP contribution is 2.35. The maximum Gasteiger partial charge on any atom is 0.324 e. The molecule has 1 atom stereocenters. The van der Waals surface area contributed by atoms with Crippen molar-refractivity contribution in [3.8, 4) is 5.75 Å². The molecular formula is C20H24FN5O2. The van der Waals surface area contributed by atoms with Crippen molar-refractivity contribution in [1.82, 2.24) is 14.9 Å². The Morgan fingerprint density at radius 1 is 1.18 bits per heavy atom. The van der Waals surface area contributed by atoms with Gasteiger partial charge in [0.2, 0.25) is 0 Å². The molecule has 2 aromatic rings. The topological polar surface area (TPSA) is 61.8 Å². The lowest BCUT2D eigenvalue weighted by Crippen LogP contribution is -2.52. The van der Waals surface area contributed by atoms with E-state index in [1.807, 2.05) is 11.8 Å². The number of carbonyl (C=O) groups excluding carboxylic acids is 1. The normalized spacial score (nSPS) is 20.1. The van der Waals surface area contributed by atoms with Gasteiger partial charge >= 0.3 is 6.03 Å². The molecule has 1 aromatic heterocycles. The number of nitrogens with zero attached hydrogens (tertiary/aromatic N) is 5. The Kier molecular flexibility index (Phi) is 5.27. The predicted molar refractivity (Wildman–Crippen MR) is 104 cm³/mol. The Balaban J connectivity index is 1.46. The number of carbonyl (C=O) groups is 1. The Morgan fingerprint density at radius 2 is 1.96 bits per heavy atom. The minimum atomic E-state index is -0.365. The van der Waals surface area contributed by atoms with E-state index in [9.17, 15) is 9.18 Å². The highest BCUT2D eigenvalue weighted by Gasteiger charge is 2.33. The summed E-state index contributed by atoms with van der Waals surface area (Å²) in [5.74, 6) is 0.934. The standard InChI is InChI=1S/C20H24FN5O2/c1-15-14-28-18-12-16(21)4-5-17(18)26(15)20(27)25-10-2-8-24(9-3-11-25)19-13-22-6-7-23-19/h4-7,12-13,15H,2-3,8-11,14H2,1H3. The van der Waals surface area contributed by atoms with Gasteiger partial charge in [0.15, 0.2) is 0 Å². The lowest BCUT2D eigenvalue weighted by Gasteiger charge is -2.39. The zero-order valence-electron chi connectivity index (χ0n) is 15.9. The van der Waals surface area contributed by atoms with Crippen LogP contribution >= 0.6 is 0 Å². The third-order valence-electron chi connectivity index (χ3n) is 5.16. The van der Waals surface area contributed by atoms with Crippen molar-refractivity contribution in [3.63, 3.8) is 0 Å². The number of fused-ring (bicyclic) bond motifs is 1. The number of amides is 2. The van der Waals surface area contributed by atoms with Gasteiger partial charge in [0.05, 0.1) is 17.9 Å². The lowest BCUT2D eigenvalue weighted by atomic mass is 10.1. The Hall–Kier alpha value is -2.90. The Labute approximate surface area is 163 Å². The summed E-state index contributed by atoms with van der Waals surface area (Å²) in [6, 6.07) is 4.18. The predicted octanol–water partition coefficient (Wildman–Crippen LogP) is 2.93. The molecule has 2 aliphatic heterocycles. The van der Waals surface area contributed by atoms with Crippen LogP contribution in [0, 0.1) is 5.82 Å². The molecule has 0 bridgehead atoms. The number of hydrogen-bond acceptors (Lipinski definition) is 5. The number of benzene rings is 1. The van der Waals surface area contributed by atoms with E-state index in [0.29, 0.717) is 31.1 Å². The summed E-state index contributed by atoms with van der Waals surface area (Å²) in [5, 5.41) is 0. The van der Waals surface area contributed by atoms with Crippen molar-refractivity contribution in [2.24, 2.45) is 0 Å². The molecule has 1 unspecified atom stereocenters. The van der Waals surface area contributed by atoms with Gasteiger partial charge in [-0.05, 0) is 31.9 Å². The van der Waals surface area contributed by atoms with Crippen molar-refractivity contribution >= 4 is 17.5 Å². The maximum atomic E-state index is 13.5. The van der Waals surface area contributed by atoms with E-state index in [0.717, 1.165) is 31.7 Å². The molecule has 0 spiro atoms. The summed E-state index contributed by atoms with van der Waals surface area (Å²) in [4.78, 5) is 27.6. The number of ether oxygens (including phenoxy) is 1. The number of hydrogen-bond donors (Lipinski definition) is 0. The minimum Gasteiger partial charge on any atom is -0.489 e. The van der Waals surface area contributed by atoms with Crippen molar-refractivity contribution < 1.29 is 13.9 Å². The van der Waals surface area contributed by atoms with Gasteiger partial charge < -0.3 is 14.5 Å². The monoisotopic (exact) mass is 385 g/mol. The van der Waals surface area contributed by atoms with Crippen molar-refractivity contribution in [3.05, 3.63) is 42.6 Å². The van der Waals surface area contributed by atoms with Gasteiger partial charge in [0.25, 0.3) is 0 Å². The molecule has 2 amide bonds. The zero-order valence-corrected chi connectivity index (χ0v) is 15.9. The highest BCUT2D eigenvalue weighted by atomic mass is 19.1. The van der Waals surface area contributed by atoms with Gasteiger partial charge in [-0.15, -0.1) is 0 Å². The number of urea groups is 1. The molecule has 0 N–H and O–H groups in total. The number of halogens is 1. The van der Waals surface area contributed by atoms with Crippen LogP contribution in [0.2, 0.25) is 0 Å². The molecule has 8 heteroatoms. The second-order valence-corrected chi connectivity index (χ2v) is 7.17. The van der Waals surface area contributed by atoms with Crippen LogP contribution in [0.1, 0.15) is 19.8 Å². The second-order valence-electron chi connectivity index (χ2n) is 7.17. The largest absolute Gasteiger partial charge is 0.489 e. The molecular weight excluding hydrogens is 361 g/mol. The fourth-order valence-corrected chi connectivity index (χ4v) is 3.77. The van der Waals surface area contributed by atoms with Crippen LogP contribution in [-0.4, -0.2) is 59.7 Å². The van der Waals surface area contributed by atoms with Crippen molar-refractivity contribution in [2.75, 3.05) is 42.6 Å². The molecule has 4 rings (SSSR count). The first-order valence-corrected chi connectivity index (χ1v) is 9.65. The second kappa shape index (κ2) is 8.00. The van der Waals surface area contributed by atoms with Gasteiger partial charge in [0, 0.05) is 44.6 Å². The summed E-state index contributed by atoms with van der Waals surface area (Å²) in [6.07, 6.45) is 6.83. The first-order chi connectivity index (χ1) is 13.6. The van der Waals surface area contributed by atoms with E-state index in [4.69, 9.17) is 4.74 Å². The fraction of sp³-hybridized carbons (Fsp3) is 0.450. The summed E-state index contributed by atoms with van der Waals surface area (Å²) >= 11 is 0. The molecule has 0 aliphatic carbocycles. The van der Waals surface area contributed by atoms with E-state index in [1.165, 1.54) is 12.1 Å². The van der Waals surface area contributed by atoms with E-state index >= 15 is 0 Å². The molecule has 1 fully saturated rings. The number of aromatic nitrogens is 2. The fourth-order valence-electron chi connectivity index (χ4n) is 3.77. The average molecular weight is 385 g/mol. The van der Waals surface area contributed by atoms with E-state index in [1.54, 1.807) is 29.6 Å². The molecule has 1 aromatic carbocycles. The number of rotatable bonds is 1. The summed E-state index contributed by atoms with van der Waals surface area (Å²) in [7, 11) is 0. The number of anilines is 2. The Morgan fingerprint density at radius 3 is 2.68 bits per heavy atom. The van der Waals surface area contributed by atoms with Gasteiger partial charge in [-0.25, -0.2) is 14.2 Å². The first-order valence-electron chi connectivity index (χ1n) is 9.65. The molecule has 0 radical (unpaired) electrons. The van der Waals surface area contributed by atoms with Crippen LogP contribution in [-0.2, 0) is 0 Å². The third-order valence-corrected chi connectivity index (χ3v) is 5.16. The maximum absolute atomic E-state index is 13.5. The lowest BCUT2D eigenvalue weighted by molar-refractivity contribution is 0.190. The van der Waals surface area contributed by atoms with Gasteiger partial charge in [-0.1, -0.05) is 0 Å². The van der Waals surface area contributed by atoms with Crippen molar-refractivity contribution in [2.45, 2.75) is 25.8 Å². The van der Waals surface area contributed by atoms with Gasteiger partial charge in [-0.3, -0.25) is 9.88 Å². The first kappa shape index (κ1) is 18.5. The quantitative estimate of drug-likeness (QED) is 0.755. The van der Waals surface area contributed by atoms with Crippen LogP contribution in [0.3, 0.4) is 0 Å². The van der Waals surface area contributed by atoms with Crippen LogP contribution in [0.25, 0.3) is 0 Å². The molecule has 148 valence electrons. The van der Waals surface area contributed by atoms with E-state index in [-0.39, 0.29) is 17.9 Å². The summed E-state index contributed by atoms with van der Waals surface area (Å²) in [6.45, 7) is 5.28. The summed E-state index contributed by atoms with van der Waals surface area (Å²) in [5.41, 5.74) is 0.633. The van der Waals surface area contributed by atoms with Crippen LogP contribution in [0.5, 0.6) is 5.75 Å². The van der Waals surface area contributed by atoms with Crippen LogP contribution in [0.4, 0.5) is 20.7 Å². The average Bonchev–Trinajstić information content (AvgIpc) is 2.68. The smallest absolute Gasteiger partial charge is 0.324 e. The van der Waals surface area contributed by atoms with Crippen molar-refractivity contribution in [1.29, 1.82) is 0 Å². The molecule has 1 saturated heterocycles. The molecule has 28 heavy (non-hydrogen) atoms. The zero-order chi connectivity index (χ0) is 19.5. The Bertz CT molecular complexity index is 825. The minimum absolute atomic E-state index is 0.0448. The molecule has 0 saturated carbocycles. The van der Waals surface area contributed by atoms with Crippen LogP contribution in [0.15, 0.2) is 36.8 Å². The van der Waals surface area contributed by atoms with Crippen LogP contribution < -0.4 is 14.5 Å². The third kappa shape index (κ3) is 3.72. The van der Waals surface area contributed by atoms with E-state index < -0.39 is 0 Å². The molecule has 2 aliphatic rings. The SMILES string of the molecule is CC1COc2cc(F)ccc2N1C(=O)N1CCCN(c2cnccn2)CCC1. The van der Waals surface area contributed by atoms with E-state index in [2.05, 4.69) is 14.9 Å². The van der Waals surface area contributed by atoms with Gasteiger partial charge in [0.1, 0.15) is 24.0 Å².